The minimum Gasteiger partial charge on any atom is -0.508 e. The number of hydrogen-bond acceptors (Lipinski definition) is 3. The quantitative estimate of drug-likeness (QED) is 0.650. The molecule has 128 valence electrons. The van der Waals surface area contributed by atoms with E-state index in [4.69, 9.17) is 15.9 Å². The molecule has 0 atom stereocenters. The van der Waals surface area contributed by atoms with Crippen molar-refractivity contribution in [3.63, 3.8) is 0 Å². The molecule has 0 amide bonds. The Balaban J connectivity index is 0.000000318. The number of phenolic OH excluding ortho intramolecular Hbond substituents is 2. The molecule has 2 aromatic carbocycles. The minimum absolute atomic E-state index is 0.322. The predicted octanol–water partition coefficient (Wildman–Crippen LogP) is 5.09. The van der Waals surface area contributed by atoms with Gasteiger partial charge in [0.1, 0.15) is 11.5 Å². The highest BCUT2D eigenvalue weighted by molar-refractivity contribution is 5.19. The van der Waals surface area contributed by atoms with Gasteiger partial charge in [0.15, 0.2) is 0 Å². The van der Waals surface area contributed by atoms with Crippen molar-refractivity contribution in [3.8, 4) is 11.5 Å². The van der Waals surface area contributed by atoms with Gasteiger partial charge >= 0.3 is 0 Å². The molecule has 0 heterocycles. The number of nitrogens with two attached hydrogens (primary N) is 1. The third-order valence-corrected chi connectivity index (χ3v) is 3.07. The minimum atomic E-state index is 0.322. The molecule has 0 saturated carbocycles. The van der Waals surface area contributed by atoms with Gasteiger partial charge in [-0.15, -0.1) is 0 Å². The van der Waals surface area contributed by atoms with Gasteiger partial charge in [0.2, 0.25) is 0 Å². The molecule has 0 aliphatic rings. The molecular weight excluding hydrogens is 286 g/mol. The first-order valence-corrected chi connectivity index (χ1v) is 8.38. The van der Waals surface area contributed by atoms with Gasteiger partial charge in [-0.3, -0.25) is 0 Å². The van der Waals surface area contributed by atoms with Crippen LogP contribution in [0.5, 0.6) is 11.5 Å². The lowest BCUT2D eigenvalue weighted by Crippen LogP contribution is -1.97. The van der Waals surface area contributed by atoms with Gasteiger partial charge in [-0.1, -0.05) is 75.4 Å². The van der Waals surface area contributed by atoms with Crippen molar-refractivity contribution in [2.75, 3.05) is 6.54 Å². The first-order valence-electron chi connectivity index (χ1n) is 8.38. The molecule has 3 nitrogen and oxygen atoms in total. The van der Waals surface area contributed by atoms with Crippen LogP contribution in [-0.2, 0) is 0 Å². The molecule has 0 saturated heterocycles. The SMILES string of the molecule is CCCCCCCCN.Oc1ccccc1.Oc1ccccc1. The van der Waals surface area contributed by atoms with Crippen LogP contribution in [0, 0.1) is 0 Å². The average Bonchev–Trinajstić information content (AvgIpc) is 2.57. The van der Waals surface area contributed by atoms with Crippen molar-refractivity contribution in [2.24, 2.45) is 5.73 Å². The summed E-state index contributed by atoms with van der Waals surface area (Å²) >= 11 is 0. The lowest BCUT2D eigenvalue weighted by Gasteiger charge is -1.96. The van der Waals surface area contributed by atoms with Crippen LogP contribution >= 0.6 is 0 Å². The van der Waals surface area contributed by atoms with Gasteiger partial charge in [-0.05, 0) is 37.2 Å². The summed E-state index contributed by atoms with van der Waals surface area (Å²) in [5, 5.41) is 17.3. The lowest BCUT2D eigenvalue weighted by atomic mass is 10.1. The molecule has 0 radical (unpaired) electrons. The number of hydrogen-bond donors (Lipinski definition) is 3. The number of aromatic hydroxyl groups is 2. The summed E-state index contributed by atoms with van der Waals surface area (Å²) in [6.45, 7) is 3.11. The van der Waals surface area contributed by atoms with E-state index in [0.717, 1.165) is 6.54 Å². The second-order valence-corrected chi connectivity index (χ2v) is 5.23. The van der Waals surface area contributed by atoms with Gasteiger partial charge in [0, 0.05) is 0 Å². The summed E-state index contributed by atoms with van der Waals surface area (Å²) in [4.78, 5) is 0. The Kier molecular flexibility index (Phi) is 14.9. The zero-order valence-electron chi connectivity index (χ0n) is 14.2. The van der Waals surface area contributed by atoms with Crippen LogP contribution in [0.1, 0.15) is 45.4 Å². The zero-order valence-corrected chi connectivity index (χ0v) is 14.2. The standard InChI is InChI=1S/C8H19N.2C6H6O/c1-2-3-4-5-6-7-8-9;2*7-6-4-2-1-3-5-6/h2-9H2,1H3;2*1-5,7H. The molecule has 2 aromatic rings. The molecule has 23 heavy (non-hydrogen) atoms. The normalized spacial score (nSPS) is 9.13. The molecule has 0 unspecified atom stereocenters. The van der Waals surface area contributed by atoms with E-state index in [0.29, 0.717) is 11.5 Å². The highest BCUT2D eigenvalue weighted by Crippen LogP contribution is 2.04. The van der Waals surface area contributed by atoms with Crippen molar-refractivity contribution >= 4 is 0 Å². The monoisotopic (exact) mass is 317 g/mol. The van der Waals surface area contributed by atoms with Gasteiger partial charge in [-0.2, -0.15) is 0 Å². The lowest BCUT2D eigenvalue weighted by molar-refractivity contribution is 0.475. The van der Waals surface area contributed by atoms with E-state index in [-0.39, 0.29) is 0 Å². The van der Waals surface area contributed by atoms with Crippen molar-refractivity contribution in [1.29, 1.82) is 0 Å². The van der Waals surface area contributed by atoms with Crippen molar-refractivity contribution in [1.82, 2.24) is 0 Å². The van der Waals surface area contributed by atoms with Gasteiger partial charge in [0.05, 0.1) is 0 Å². The summed E-state index contributed by atoms with van der Waals surface area (Å²) in [7, 11) is 0. The fourth-order valence-electron chi connectivity index (χ4n) is 1.78. The van der Waals surface area contributed by atoms with E-state index in [1.807, 2.05) is 12.1 Å². The average molecular weight is 317 g/mol. The maximum atomic E-state index is 8.63. The van der Waals surface area contributed by atoms with Gasteiger partial charge in [-0.25, -0.2) is 0 Å². The Labute approximate surface area is 140 Å². The van der Waals surface area contributed by atoms with Crippen molar-refractivity contribution in [3.05, 3.63) is 60.7 Å². The number of phenols is 2. The Bertz CT molecular complexity index is 402. The number of para-hydroxylation sites is 2. The first kappa shape index (κ1) is 21.0. The van der Waals surface area contributed by atoms with Gasteiger partial charge < -0.3 is 15.9 Å². The third kappa shape index (κ3) is 16.2. The molecule has 0 spiro atoms. The second-order valence-electron chi connectivity index (χ2n) is 5.23. The first-order chi connectivity index (χ1) is 11.2. The Hall–Kier alpha value is -2.00. The van der Waals surface area contributed by atoms with E-state index in [1.54, 1.807) is 48.5 Å². The van der Waals surface area contributed by atoms with Crippen molar-refractivity contribution < 1.29 is 10.2 Å². The second kappa shape index (κ2) is 16.4. The summed E-state index contributed by atoms with van der Waals surface area (Å²) in [5.74, 6) is 0.644. The van der Waals surface area contributed by atoms with E-state index < -0.39 is 0 Å². The maximum absolute atomic E-state index is 8.63. The van der Waals surface area contributed by atoms with Crippen LogP contribution < -0.4 is 5.73 Å². The number of unbranched alkanes of at least 4 members (excludes halogenated alkanes) is 5. The maximum Gasteiger partial charge on any atom is 0.115 e. The number of rotatable bonds is 6. The highest BCUT2D eigenvalue weighted by Gasteiger charge is 1.85. The summed E-state index contributed by atoms with van der Waals surface area (Å²) in [5.41, 5.74) is 5.34. The molecule has 2 rings (SSSR count). The van der Waals surface area contributed by atoms with Crippen molar-refractivity contribution in [2.45, 2.75) is 45.4 Å². The van der Waals surface area contributed by atoms with E-state index in [1.165, 1.54) is 38.5 Å². The molecule has 4 N–H and O–H groups in total. The summed E-state index contributed by atoms with van der Waals surface area (Å²) in [6, 6.07) is 17.4. The van der Waals surface area contributed by atoms with E-state index in [9.17, 15) is 0 Å². The molecule has 0 aliphatic heterocycles. The largest absolute Gasteiger partial charge is 0.508 e. The van der Waals surface area contributed by atoms with Crippen LogP contribution in [0.2, 0.25) is 0 Å². The zero-order chi connectivity index (χ0) is 17.2. The van der Waals surface area contributed by atoms with Gasteiger partial charge in [0.25, 0.3) is 0 Å². The van der Waals surface area contributed by atoms with Crippen LogP contribution in [0.15, 0.2) is 60.7 Å². The van der Waals surface area contributed by atoms with Crippen LogP contribution in [0.4, 0.5) is 0 Å². The van der Waals surface area contributed by atoms with Crippen LogP contribution in [0.25, 0.3) is 0 Å². The highest BCUT2D eigenvalue weighted by atomic mass is 16.3. The Morgan fingerprint density at radius 3 is 1.35 bits per heavy atom. The molecule has 0 aromatic heterocycles. The third-order valence-electron chi connectivity index (χ3n) is 3.07. The molecule has 3 heteroatoms. The smallest absolute Gasteiger partial charge is 0.115 e. The van der Waals surface area contributed by atoms with Crippen LogP contribution in [0.3, 0.4) is 0 Å². The Morgan fingerprint density at radius 1 is 0.652 bits per heavy atom. The topological polar surface area (TPSA) is 66.5 Å². The van der Waals surface area contributed by atoms with Crippen LogP contribution in [-0.4, -0.2) is 16.8 Å². The molecule has 0 fully saturated rings. The molecule has 0 bridgehead atoms. The van der Waals surface area contributed by atoms with E-state index >= 15 is 0 Å². The van der Waals surface area contributed by atoms with E-state index in [2.05, 4.69) is 6.92 Å². The summed E-state index contributed by atoms with van der Waals surface area (Å²) < 4.78 is 0. The fourth-order valence-corrected chi connectivity index (χ4v) is 1.78. The number of benzene rings is 2. The predicted molar refractivity (Wildman–Crippen MR) is 98.6 cm³/mol. The summed E-state index contributed by atoms with van der Waals surface area (Å²) in [6.07, 6.45) is 8.05. The fraction of sp³-hybridized carbons (Fsp3) is 0.400. The molecular formula is C20H31NO2. The molecule has 0 aliphatic carbocycles. The Morgan fingerprint density at radius 2 is 1.04 bits per heavy atom.